The van der Waals surface area contributed by atoms with Crippen LogP contribution in [0.3, 0.4) is 0 Å². The molecule has 5 N–H and O–H groups in total. The summed E-state index contributed by atoms with van der Waals surface area (Å²) < 4.78 is 1.59. The molecule has 0 bridgehead atoms. The zero-order valence-electron chi connectivity index (χ0n) is 13.1. The van der Waals surface area contributed by atoms with Gasteiger partial charge in [0.25, 0.3) is 5.91 Å². The first-order chi connectivity index (χ1) is 11.5. The fraction of sp³-hybridized carbons (Fsp3) is 0.235. The fourth-order valence-electron chi connectivity index (χ4n) is 2.11. The van der Waals surface area contributed by atoms with Gasteiger partial charge in [-0.25, -0.2) is 0 Å². The van der Waals surface area contributed by atoms with Crippen LogP contribution in [0.5, 0.6) is 11.5 Å². The number of nitrogens with one attached hydrogen (secondary N) is 1. The number of nitrogens with two attached hydrogens (primary N) is 1. The van der Waals surface area contributed by atoms with E-state index in [1.807, 2.05) is 0 Å². The summed E-state index contributed by atoms with van der Waals surface area (Å²) in [4.78, 5) is 24.2. The highest BCUT2D eigenvalue weighted by Gasteiger charge is 2.16. The molecule has 0 aliphatic heterocycles. The van der Waals surface area contributed by atoms with E-state index in [0.29, 0.717) is 25.1 Å². The molecule has 7 nitrogen and oxygen atoms in total. The van der Waals surface area contributed by atoms with Gasteiger partial charge in [-0.2, -0.15) is 4.57 Å². The molecule has 1 heterocycles. The number of phenolic OH excluding ortho intramolecular Hbond substituents is 2. The van der Waals surface area contributed by atoms with Crippen molar-refractivity contribution >= 4 is 11.7 Å². The molecule has 0 fully saturated rings. The van der Waals surface area contributed by atoms with Gasteiger partial charge in [-0.15, -0.1) is 0 Å². The Morgan fingerprint density at radius 2 is 1.92 bits per heavy atom. The number of carbonyl (C=O) groups excluding carboxylic acids is 2. The zero-order valence-corrected chi connectivity index (χ0v) is 13.1. The summed E-state index contributed by atoms with van der Waals surface area (Å²) in [6.45, 7) is 1.01. The third-order valence-electron chi connectivity index (χ3n) is 3.41. The maximum Gasteiger partial charge on any atom is 0.257 e. The number of rotatable bonds is 7. The molecule has 0 spiro atoms. The van der Waals surface area contributed by atoms with Crippen molar-refractivity contribution in [3.05, 3.63) is 53.9 Å². The highest BCUT2D eigenvalue weighted by Crippen LogP contribution is 2.24. The molecule has 0 saturated heterocycles. The van der Waals surface area contributed by atoms with E-state index < -0.39 is 0 Å². The van der Waals surface area contributed by atoms with Crippen LogP contribution in [0, 0.1) is 0 Å². The summed E-state index contributed by atoms with van der Waals surface area (Å²) in [5.41, 5.74) is 6.10. The van der Waals surface area contributed by atoms with Crippen molar-refractivity contribution < 1.29 is 24.4 Å². The number of nitrogens with zero attached hydrogens (tertiary/aromatic N) is 1. The number of aromatic hydroxyl groups is 2. The van der Waals surface area contributed by atoms with Crippen LogP contribution < -0.4 is 15.6 Å². The number of ketones is 1. The Morgan fingerprint density at radius 1 is 1.12 bits per heavy atom. The first kappa shape index (κ1) is 17.4. The quantitative estimate of drug-likeness (QED) is 0.253. The van der Waals surface area contributed by atoms with Crippen molar-refractivity contribution in [3.63, 3.8) is 0 Å². The molecule has 1 aromatic heterocycles. The topological polar surface area (TPSA) is 117 Å². The molecule has 126 valence electrons. The molecule has 24 heavy (non-hydrogen) atoms. The number of hydrogen-bond acceptors (Lipinski definition) is 5. The predicted molar refractivity (Wildman–Crippen MR) is 86.7 cm³/mol. The summed E-state index contributed by atoms with van der Waals surface area (Å²) >= 11 is 0. The maximum atomic E-state index is 12.2. The van der Waals surface area contributed by atoms with Gasteiger partial charge in [0.1, 0.15) is 5.56 Å². The van der Waals surface area contributed by atoms with Gasteiger partial charge in [-0.1, -0.05) is 0 Å². The third kappa shape index (κ3) is 4.53. The third-order valence-corrected chi connectivity index (χ3v) is 3.41. The number of phenols is 2. The molecule has 0 unspecified atom stereocenters. The van der Waals surface area contributed by atoms with Gasteiger partial charge in [0.15, 0.2) is 23.9 Å². The largest absolute Gasteiger partial charge is 0.504 e. The molecule has 2 rings (SSSR count). The lowest BCUT2D eigenvalue weighted by atomic mass is 10.1. The second kappa shape index (κ2) is 8.07. The Morgan fingerprint density at radius 3 is 2.62 bits per heavy atom. The van der Waals surface area contributed by atoms with Crippen LogP contribution in [-0.4, -0.2) is 35.0 Å². The molecule has 0 aliphatic carbocycles. The van der Waals surface area contributed by atoms with Gasteiger partial charge in [-0.05, 0) is 37.2 Å². The van der Waals surface area contributed by atoms with E-state index >= 15 is 0 Å². The molecule has 1 aromatic carbocycles. The van der Waals surface area contributed by atoms with Crippen molar-refractivity contribution in [1.29, 1.82) is 0 Å². The number of pyridine rings is 1. The monoisotopic (exact) mass is 330 g/mol. The Hall–Kier alpha value is -2.93. The van der Waals surface area contributed by atoms with Crippen molar-refractivity contribution in [2.24, 2.45) is 5.73 Å². The van der Waals surface area contributed by atoms with Crippen molar-refractivity contribution in [2.75, 3.05) is 13.1 Å². The molecule has 0 saturated carbocycles. The zero-order chi connectivity index (χ0) is 17.5. The number of hydrogen-bond donors (Lipinski definition) is 4. The van der Waals surface area contributed by atoms with Crippen molar-refractivity contribution in [1.82, 2.24) is 5.32 Å². The predicted octanol–water partition coefficient (Wildman–Crippen LogP) is 0.347. The van der Waals surface area contributed by atoms with Gasteiger partial charge in [0, 0.05) is 18.2 Å². The molecule has 1 amide bonds. The summed E-state index contributed by atoms with van der Waals surface area (Å²) in [5, 5.41) is 21.5. The summed E-state index contributed by atoms with van der Waals surface area (Å²) in [6.07, 6.45) is 3.95. The number of amides is 1. The van der Waals surface area contributed by atoms with Gasteiger partial charge in [-0.3, -0.25) is 9.59 Å². The number of Topliss-reactive ketones (excluding diaryl/α,β-unsaturated/α-hetero) is 1. The van der Waals surface area contributed by atoms with Gasteiger partial charge in [0.05, 0.1) is 0 Å². The minimum atomic E-state index is -0.348. The van der Waals surface area contributed by atoms with Crippen LogP contribution >= 0.6 is 0 Å². The minimum Gasteiger partial charge on any atom is -0.504 e. The highest BCUT2D eigenvalue weighted by atomic mass is 16.3. The van der Waals surface area contributed by atoms with Crippen LogP contribution in [0.1, 0.15) is 27.1 Å². The number of benzene rings is 1. The summed E-state index contributed by atoms with van der Waals surface area (Å²) in [5.74, 6) is -1.11. The van der Waals surface area contributed by atoms with E-state index in [1.54, 1.807) is 29.1 Å². The van der Waals surface area contributed by atoms with Crippen LogP contribution in [0.2, 0.25) is 0 Å². The molecule has 7 heteroatoms. The maximum absolute atomic E-state index is 12.2. The second-order valence-electron chi connectivity index (χ2n) is 5.29. The van der Waals surface area contributed by atoms with Crippen LogP contribution in [0.4, 0.5) is 0 Å². The van der Waals surface area contributed by atoms with Crippen molar-refractivity contribution in [3.8, 4) is 11.5 Å². The lowest BCUT2D eigenvalue weighted by molar-refractivity contribution is -0.683. The van der Waals surface area contributed by atoms with E-state index in [-0.39, 0.29) is 35.3 Å². The van der Waals surface area contributed by atoms with Gasteiger partial charge >= 0.3 is 0 Å². The Kier molecular flexibility index (Phi) is 5.86. The Labute approximate surface area is 139 Å². The van der Waals surface area contributed by atoms with E-state index in [9.17, 15) is 19.8 Å². The molecular weight excluding hydrogens is 310 g/mol. The number of carbonyl (C=O) groups is 2. The molecule has 0 atom stereocenters. The average molecular weight is 330 g/mol. The fourth-order valence-corrected chi connectivity index (χ4v) is 2.11. The first-order valence-corrected chi connectivity index (χ1v) is 7.54. The van der Waals surface area contributed by atoms with Crippen LogP contribution in [0.15, 0.2) is 42.7 Å². The minimum absolute atomic E-state index is 0.00807. The normalized spacial score (nSPS) is 10.4. The van der Waals surface area contributed by atoms with Crippen LogP contribution in [-0.2, 0) is 6.54 Å². The summed E-state index contributed by atoms with van der Waals surface area (Å²) in [7, 11) is 0. The highest BCUT2D eigenvalue weighted by molar-refractivity contribution is 5.96. The first-order valence-electron chi connectivity index (χ1n) is 7.54. The standard InChI is InChI=1S/C17H19N3O4/c18-6-2-7-19-17(24)13-3-1-8-20(10-13)11-16(23)12-4-5-14(21)15(22)9-12/h1,3-5,8-10H,2,6-7,11,18H2,(H2-,19,21,22,23,24)/p+1. The Balaban J connectivity index is 2.07. The average Bonchev–Trinajstić information content (AvgIpc) is 2.57. The molecule has 2 aromatic rings. The lowest BCUT2D eigenvalue weighted by Crippen LogP contribution is -2.39. The summed E-state index contributed by atoms with van der Waals surface area (Å²) in [6, 6.07) is 7.24. The van der Waals surface area contributed by atoms with Crippen LogP contribution in [0.25, 0.3) is 0 Å². The molecular formula is C17H20N3O4+. The van der Waals surface area contributed by atoms with Crippen molar-refractivity contribution in [2.45, 2.75) is 13.0 Å². The van der Waals surface area contributed by atoms with E-state index in [0.717, 1.165) is 0 Å². The number of aromatic nitrogens is 1. The molecule has 0 radical (unpaired) electrons. The van der Waals surface area contributed by atoms with Gasteiger partial charge < -0.3 is 21.3 Å². The van der Waals surface area contributed by atoms with Gasteiger partial charge in [0.2, 0.25) is 12.3 Å². The van der Waals surface area contributed by atoms with E-state index in [2.05, 4.69) is 5.32 Å². The molecule has 0 aliphatic rings. The van der Waals surface area contributed by atoms with E-state index in [4.69, 9.17) is 5.73 Å². The smallest absolute Gasteiger partial charge is 0.257 e. The Bertz CT molecular complexity index is 746. The van der Waals surface area contributed by atoms with E-state index in [1.165, 1.54) is 18.2 Å². The SMILES string of the molecule is NCCCNC(=O)c1ccc[n+](CC(=O)c2ccc(O)c(O)c2)c1. The second-order valence-corrected chi connectivity index (χ2v) is 5.29. The lowest BCUT2D eigenvalue weighted by Gasteiger charge is -2.04.